The maximum atomic E-state index is 9.31. The van der Waals surface area contributed by atoms with E-state index in [1.54, 1.807) is 6.20 Å². The molecule has 4 aromatic rings. The van der Waals surface area contributed by atoms with Gasteiger partial charge in [0.05, 0.1) is 18.2 Å². The van der Waals surface area contributed by atoms with Gasteiger partial charge in [-0.2, -0.15) is 5.26 Å². The number of rotatable bonds is 5. The summed E-state index contributed by atoms with van der Waals surface area (Å²) in [6.45, 7) is 4.53. The number of benzene rings is 2. The zero-order valence-corrected chi connectivity index (χ0v) is 14.8. The van der Waals surface area contributed by atoms with Crippen LogP contribution >= 0.6 is 0 Å². The molecule has 0 spiro atoms. The molecular formula is C23H18N4. The van der Waals surface area contributed by atoms with Gasteiger partial charge in [-0.05, 0) is 34.9 Å². The third-order valence-electron chi connectivity index (χ3n) is 4.56. The van der Waals surface area contributed by atoms with Crippen LogP contribution in [0.5, 0.6) is 0 Å². The Labute approximate surface area is 158 Å². The highest BCUT2D eigenvalue weighted by Gasteiger charge is 2.11. The van der Waals surface area contributed by atoms with Crippen molar-refractivity contribution in [3.8, 4) is 17.2 Å². The van der Waals surface area contributed by atoms with Crippen molar-refractivity contribution in [1.82, 2.24) is 14.5 Å². The lowest BCUT2D eigenvalue weighted by Crippen LogP contribution is -2.05. The first kappa shape index (κ1) is 16.7. The van der Waals surface area contributed by atoms with Crippen molar-refractivity contribution in [1.29, 1.82) is 5.26 Å². The van der Waals surface area contributed by atoms with Crippen molar-refractivity contribution in [2.24, 2.45) is 0 Å². The van der Waals surface area contributed by atoms with Crippen LogP contribution in [0.3, 0.4) is 0 Å². The van der Waals surface area contributed by atoms with Gasteiger partial charge in [-0.15, -0.1) is 6.58 Å². The van der Waals surface area contributed by atoms with E-state index in [2.05, 4.69) is 51.4 Å². The highest BCUT2D eigenvalue weighted by Crippen LogP contribution is 2.24. The molecule has 0 aliphatic carbocycles. The number of hydrogen-bond acceptors (Lipinski definition) is 3. The molecule has 0 unspecified atom stereocenters. The van der Waals surface area contributed by atoms with Gasteiger partial charge < -0.3 is 4.57 Å². The quantitative estimate of drug-likeness (QED) is 0.488. The lowest BCUT2D eigenvalue weighted by Gasteiger charge is -2.09. The minimum Gasteiger partial charge on any atom is -0.308 e. The SMILES string of the molecule is C=CCc1nc2cccnc2n1Cc1ccc(-c2ccccc2C#N)cc1. The standard InChI is InChI=1S/C23H18N4/c1-2-6-22-26-21-9-5-14-25-23(21)27(22)16-17-10-12-18(13-11-17)20-8-4-3-7-19(20)15-24/h2-5,7-14H,1,6,16H2. The molecule has 2 heterocycles. The van der Waals surface area contributed by atoms with Crippen molar-refractivity contribution >= 4 is 11.2 Å². The summed E-state index contributed by atoms with van der Waals surface area (Å²) in [5, 5.41) is 9.31. The highest BCUT2D eigenvalue weighted by molar-refractivity contribution is 5.72. The maximum absolute atomic E-state index is 9.31. The van der Waals surface area contributed by atoms with Crippen molar-refractivity contribution in [3.05, 3.63) is 96.5 Å². The molecule has 2 aromatic heterocycles. The van der Waals surface area contributed by atoms with Gasteiger partial charge in [-0.25, -0.2) is 9.97 Å². The zero-order valence-electron chi connectivity index (χ0n) is 14.8. The van der Waals surface area contributed by atoms with E-state index in [1.165, 1.54) is 0 Å². The van der Waals surface area contributed by atoms with Gasteiger partial charge in [0.1, 0.15) is 11.3 Å². The molecule has 0 aliphatic heterocycles. The van der Waals surface area contributed by atoms with Crippen molar-refractivity contribution in [3.63, 3.8) is 0 Å². The predicted molar refractivity (Wildman–Crippen MR) is 107 cm³/mol. The molecule has 0 saturated carbocycles. The maximum Gasteiger partial charge on any atom is 0.160 e. The summed E-state index contributed by atoms with van der Waals surface area (Å²) in [5.74, 6) is 0.956. The average Bonchev–Trinajstić information content (AvgIpc) is 3.06. The molecule has 0 N–H and O–H groups in total. The summed E-state index contributed by atoms with van der Waals surface area (Å²) in [7, 11) is 0. The summed E-state index contributed by atoms with van der Waals surface area (Å²) in [4.78, 5) is 9.18. The third kappa shape index (κ3) is 3.23. The molecule has 0 radical (unpaired) electrons. The zero-order chi connectivity index (χ0) is 18.6. The smallest absolute Gasteiger partial charge is 0.160 e. The number of fused-ring (bicyclic) bond motifs is 1. The molecule has 0 bridgehead atoms. The number of aromatic nitrogens is 3. The van der Waals surface area contributed by atoms with E-state index in [0.29, 0.717) is 18.5 Å². The fourth-order valence-electron chi connectivity index (χ4n) is 3.26. The molecular weight excluding hydrogens is 332 g/mol. The Morgan fingerprint density at radius 1 is 1.04 bits per heavy atom. The van der Waals surface area contributed by atoms with Crippen LogP contribution in [0.2, 0.25) is 0 Å². The lowest BCUT2D eigenvalue weighted by atomic mass is 9.99. The van der Waals surface area contributed by atoms with Crippen molar-refractivity contribution < 1.29 is 0 Å². The van der Waals surface area contributed by atoms with E-state index in [0.717, 1.165) is 33.7 Å². The summed E-state index contributed by atoms with van der Waals surface area (Å²) < 4.78 is 2.13. The van der Waals surface area contributed by atoms with Crippen LogP contribution in [0.25, 0.3) is 22.3 Å². The van der Waals surface area contributed by atoms with E-state index in [-0.39, 0.29) is 0 Å². The van der Waals surface area contributed by atoms with Crippen molar-refractivity contribution in [2.45, 2.75) is 13.0 Å². The molecule has 0 fully saturated rings. The normalized spacial score (nSPS) is 10.6. The van der Waals surface area contributed by atoms with Crippen LogP contribution in [-0.4, -0.2) is 14.5 Å². The Balaban J connectivity index is 1.68. The molecule has 4 heteroatoms. The molecule has 0 aliphatic rings. The van der Waals surface area contributed by atoms with E-state index >= 15 is 0 Å². The molecule has 2 aromatic carbocycles. The predicted octanol–water partition coefficient (Wildman–Crippen LogP) is 4.75. The van der Waals surface area contributed by atoms with Crippen LogP contribution in [0.15, 0.2) is 79.5 Å². The minimum atomic E-state index is 0.684. The second-order valence-electron chi connectivity index (χ2n) is 6.31. The number of nitriles is 1. The van der Waals surface area contributed by atoms with Gasteiger partial charge in [0.25, 0.3) is 0 Å². The Bertz CT molecular complexity index is 1150. The second-order valence-corrected chi connectivity index (χ2v) is 6.31. The first-order valence-electron chi connectivity index (χ1n) is 8.79. The minimum absolute atomic E-state index is 0.684. The van der Waals surface area contributed by atoms with Crippen LogP contribution in [0.4, 0.5) is 0 Å². The van der Waals surface area contributed by atoms with Gasteiger partial charge in [0, 0.05) is 12.6 Å². The molecule has 0 amide bonds. The van der Waals surface area contributed by atoms with E-state index in [1.807, 2.05) is 42.5 Å². The topological polar surface area (TPSA) is 54.5 Å². The van der Waals surface area contributed by atoms with Gasteiger partial charge in [-0.1, -0.05) is 48.5 Å². The summed E-state index contributed by atoms with van der Waals surface area (Å²) in [5.41, 5.74) is 5.61. The first-order valence-corrected chi connectivity index (χ1v) is 8.79. The Kier molecular flexibility index (Phi) is 4.51. The van der Waals surface area contributed by atoms with Crippen LogP contribution in [0.1, 0.15) is 17.0 Å². The second kappa shape index (κ2) is 7.27. The fourth-order valence-corrected chi connectivity index (χ4v) is 3.26. The average molecular weight is 350 g/mol. The van der Waals surface area contributed by atoms with Crippen LogP contribution < -0.4 is 0 Å². The molecule has 130 valence electrons. The molecule has 0 atom stereocenters. The largest absolute Gasteiger partial charge is 0.308 e. The lowest BCUT2D eigenvalue weighted by molar-refractivity contribution is 0.760. The number of allylic oxidation sites excluding steroid dienone is 1. The number of imidazole rings is 1. The Morgan fingerprint density at radius 3 is 2.63 bits per heavy atom. The van der Waals surface area contributed by atoms with E-state index < -0.39 is 0 Å². The number of pyridine rings is 1. The van der Waals surface area contributed by atoms with Gasteiger partial charge >= 0.3 is 0 Å². The fraction of sp³-hybridized carbons (Fsp3) is 0.0870. The van der Waals surface area contributed by atoms with Gasteiger partial charge in [0.15, 0.2) is 5.65 Å². The first-order chi connectivity index (χ1) is 13.3. The highest BCUT2D eigenvalue weighted by atomic mass is 15.1. The van der Waals surface area contributed by atoms with Crippen LogP contribution in [0, 0.1) is 11.3 Å². The summed E-state index contributed by atoms with van der Waals surface area (Å²) in [6.07, 6.45) is 4.35. The molecule has 4 rings (SSSR count). The molecule has 4 nitrogen and oxygen atoms in total. The Morgan fingerprint density at radius 2 is 1.85 bits per heavy atom. The van der Waals surface area contributed by atoms with E-state index in [9.17, 15) is 5.26 Å². The monoisotopic (exact) mass is 350 g/mol. The summed E-state index contributed by atoms with van der Waals surface area (Å²) >= 11 is 0. The van der Waals surface area contributed by atoms with Gasteiger partial charge in [0.2, 0.25) is 0 Å². The molecule has 27 heavy (non-hydrogen) atoms. The Hall–Kier alpha value is -3.71. The van der Waals surface area contributed by atoms with Gasteiger partial charge in [-0.3, -0.25) is 0 Å². The number of nitrogens with zero attached hydrogens (tertiary/aromatic N) is 4. The van der Waals surface area contributed by atoms with Crippen LogP contribution in [-0.2, 0) is 13.0 Å². The number of hydrogen-bond donors (Lipinski definition) is 0. The molecule has 0 saturated heterocycles. The third-order valence-corrected chi connectivity index (χ3v) is 4.56. The van der Waals surface area contributed by atoms with E-state index in [4.69, 9.17) is 0 Å². The summed E-state index contributed by atoms with van der Waals surface area (Å²) in [6, 6.07) is 22.1. The van der Waals surface area contributed by atoms with Crippen molar-refractivity contribution in [2.75, 3.05) is 0 Å².